The maximum absolute atomic E-state index is 11.8. The van der Waals surface area contributed by atoms with Crippen molar-refractivity contribution in [3.63, 3.8) is 0 Å². The fourth-order valence-electron chi connectivity index (χ4n) is 3.82. The van der Waals surface area contributed by atoms with Gasteiger partial charge in [0, 0.05) is 6.08 Å². The van der Waals surface area contributed by atoms with Crippen molar-refractivity contribution in [2.24, 2.45) is 0 Å². The lowest BCUT2D eigenvalue weighted by molar-refractivity contribution is -0.143. The summed E-state index contributed by atoms with van der Waals surface area (Å²) in [6.45, 7) is 6.84. The lowest BCUT2D eigenvalue weighted by Gasteiger charge is -2.14. The van der Waals surface area contributed by atoms with Gasteiger partial charge in [0.05, 0.1) is 13.7 Å². The second kappa shape index (κ2) is 21.6. The van der Waals surface area contributed by atoms with Gasteiger partial charge in [0.25, 0.3) is 0 Å². The molecule has 39 heavy (non-hydrogen) atoms. The van der Waals surface area contributed by atoms with Crippen LogP contribution in [0.1, 0.15) is 107 Å². The van der Waals surface area contributed by atoms with E-state index < -0.39 is 5.97 Å². The normalized spacial score (nSPS) is 11.4. The molecule has 0 saturated carbocycles. The molecule has 1 unspecified atom stereocenters. The van der Waals surface area contributed by atoms with Crippen molar-refractivity contribution >= 4 is 18.0 Å². The number of hydrogen-bond acceptors (Lipinski definition) is 6. The van der Waals surface area contributed by atoms with Crippen molar-refractivity contribution in [3.8, 4) is 11.5 Å². The van der Waals surface area contributed by atoms with E-state index in [9.17, 15) is 14.7 Å². The van der Waals surface area contributed by atoms with Crippen LogP contribution < -0.4 is 4.74 Å². The Balaban J connectivity index is 0.000000395. The lowest BCUT2D eigenvalue weighted by atomic mass is 10.1. The highest BCUT2D eigenvalue weighted by Crippen LogP contribution is 2.17. The Morgan fingerprint density at radius 2 is 1.49 bits per heavy atom. The van der Waals surface area contributed by atoms with Crippen LogP contribution >= 0.6 is 0 Å². The number of para-hydroxylation sites is 1. The number of methoxy groups -OCH3 is 1. The molecule has 6 heteroatoms. The Hall–Kier alpha value is -3.28. The van der Waals surface area contributed by atoms with Crippen molar-refractivity contribution in [1.29, 1.82) is 0 Å². The zero-order chi connectivity index (χ0) is 28.7. The Morgan fingerprint density at radius 1 is 0.846 bits per heavy atom. The van der Waals surface area contributed by atoms with Gasteiger partial charge < -0.3 is 19.3 Å². The van der Waals surface area contributed by atoms with Crippen LogP contribution in [-0.2, 0) is 14.3 Å². The zero-order valence-corrected chi connectivity index (χ0v) is 24.3. The molecule has 0 aliphatic rings. The fourth-order valence-corrected chi connectivity index (χ4v) is 3.82. The molecule has 2 aromatic carbocycles. The predicted molar refractivity (Wildman–Crippen MR) is 158 cm³/mol. The molecule has 0 aliphatic heterocycles. The summed E-state index contributed by atoms with van der Waals surface area (Å²) in [6, 6.07) is 14.0. The van der Waals surface area contributed by atoms with Gasteiger partial charge in [0.1, 0.15) is 23.2 Å². The van der Waals surface area contributed by atoms with Crippen LogP contribution in [0.15, 0.2) is 54.6 Å². The van der Waals surface area contributed by atoms with Crippen molar-refractivity contribution < 1.29 is 28.9 Å². The molecular weight excluding hydrogens is 492 g/mol. The Labute approximate surface area is 235 Å². The summed E-state index contributed by atoms with van der Waals surface area (Å²) in [4.78, 5) is 23.4. The minimum atomic E-state index is -0.443. The third-order valence-corrected chi connectivity index (χ3v) is 6.25. The molecule has 0 fully saturated rings. The number of rotatable bonds is 17. The molecular formula is C33H48O6. The first-order valence-electron chi connectivity index (χ1n) is 14.4. The monoisotopic (exact) mass is 540 g/mol. The molecule has 216 valence electrons. The number of carbonyl (C=O) groups excluding carboxylic acids is 2. The minimum Gasteiger partial charge on any atom is -0.507 e. The first-order chi connectivity index (χ1) is 18.9. The quantitative estimate of drug-likeness (QED) is 0.123. The molecule has 0 aromatic heterocycles. The molecule has 0 saturated heterocycles. The summed E-state index contributed by atoms with van der Waals surface area (Å²) in [5.41, 5.74) is 1.19. The number of ether oxygens (including phenoxy) is 3. The summed E-state index contributed by atoms with van der Waals surface area (Å²) in [5, 5.41) is 9.48. The molecule has 0 heterocycles. The maximum Gasteiger partial charge on any atom is 0.341 e. The van der Waals surface area contributed by atoms with Gasteiger partial charge in [-0.15, -0.1) is 0 Å². The molecule has 1 atom stereocenters. The molecule has 6 nitrogen and oxygen atoms in total. The van der Waals surface area contributed by atoms with E-state index >= 15 is 0 Å². The van der Waals surface area contributed by atoms with Crippen LogP contribution in [0.25, 0.3) is 6.08 Å². The fraction of sp³-hybridized carbons (Fsp3) is 0.515. The van der Waals surface area contributed by atoms with Crippen molar-refractivity contribution in [1.82, 2.24) is 0 Å². The van der Waals surface area contributed by atoms with Crippen LogP contribution in [0.3, 0.4) is 0 Å². The summed E-state index contributed by atoms with van der Waals surface area (Å²) in [7, 11) is 1.63. The van der Waals surface area contributed by atoms with Gasteiger partial charge in [0.2, 0.25) is 0 Å². The van der Waals surface area contributed by atoms with Crippen LogP contribution in [0.4, 0.5) is 0 Å². The van der Waals surface area contributed by atoms with Gasteiger partial charge in [-0.25, -0.2) is 9.59 Å². The molecule has 0 amide bonds. The molecule has 0 radical (unpaired) electrons. The van der Waals surface area contributed by atoms with E-state index in [0.717, 1.165) is 43.4 Å². The summed E-state index contributed by atoms with van der Waals surface area (Å²) < 4.78 is 15.7. The second-order valence-corrected chi connectivity index (χ2v) is 9.49. The molecule has 2 rings (SSSR count). The van der Waals surface area contributed by atoms with Gasteiger partial charge in [-0.05, 0) is 61.6 Å². The summed E-state index contributed by atoms with van der Waals surface area (Å²) >= 11 is 0. The zero-order valence-electron chi connectivity index (χ0n) is 24.3. The van der Waals surface area contributed by atoms with Crippen LogP contribution in [0.2, 0.25) is 0 Å². The highest BCUT2D eigenvalue weighted by Gasteiger charge is 2.11. The second-order valence-electron chi connectivity index (χ2n) is 9.49. The average molecular weight is 541 g/mol. The van der Waals surface area contributed by atoms with Gasteiger partial charge >= 0.3 is 11.9 Å². The van der Waals surface area contributed by atoms with Gasteiger partial charge in [0.15, 0.2) is 0 Å². The summed E-state index contributed by atoms with van der Waals surface area (Å²) in [5.74, 6) is 0.0676. The first kappa shape index (κ1) is 33.7. The van der Waals surface area contributed by atoms with Crippen LogP contribution in [0.5, 0.6) is 11.5 Å². The maximum atomic E-state index is 11.8. The highest BCUT2D eigenvalue weighted by molar-refractivity contribution is 5.92. The van der Waals surface area contributed by atoms with Gasteiger partial charge in [-0.3, -0.25) is 0 Å². The Morgan fingerprint density at radius 3 is 2.13 bits per heavy atom. The highest BCUT2D eigenvalue weighted by atomic mass is 16.5. The first-order valence-corrected chi connectivity index (χ1v) is 14.4. The predicted octanol–water partition coefficient (Wildman–Crippen LogP) is 8.52. The van der Waals surface area contributed by atoms with Gasteiger partial charge in [-0.1, -0.05) is 90.0 Å². The number of carbonyl (C=O) groups is 2. The van der Waals surface area contributed by atoms with Crippen molar-refractivity contribution in [2.45, 2.75) is 97.5 Å². The lowest BCUT2D eigenvalue weighted by Crippen LogP contribution is -2.15. The smallest absolute Gasteiger partial charge is 0.341 e. The van der Waals surface area contributed by atoms with Gasteiger partial charge in [-0.2, -0.15) is 0 Å². The standard InChI is InChI=1S/C18H26O3.C15H22O3/c1-4-6-7-8-16(5-2)21-18(19)14-11-15-9-12-17(20-3)13-10-15;1-2-3-4-5-6-9-12-18-15(17)13-10-7-8-11-14(13)16/h9-14,16H,4-8H2,1-3H3;7-8,10-11,16H,2-6,9,12H2,1H3. The third kappa shape index (κ3) is 15.7. The molecule has 0 aliphatic carbocycles. The van der Waals surface area contributed by atoms with Crippen LogP contribution in [-0.4, -0.2) is 36.9 Å². The molecule has 1 N–H and O–H groups in total. The van der Waals surface area contributed by atoms with E-state index in [1.165, 1.54) is 50.7 Å². The Kier molecular flexibility index (Phi) is 18.7. The third-order valence-electron chi connectivity index (χ3n) is 6.25. The minimum absolute atomic E-state index is 0.0227. The Bertz CT molecular complexity index is 951. The number of phenolic OH excluding ortho intramolecular Hbond substituents is 1. The van der Waals surface area contributed by atoms with Crippen molar-refractivity contribution in [2.75, 3.05) is 13.7 Å². The van der Waals surface area contributed by atoms with E-state index in [1.54, 1.807) is 31.4 Å². The average Bonchev–Trinajstić information content (AvgIpc) is 2.96. The molecule has 2 aromatic rings. The number of hydrogen-bond donors (Lipinski definition) is 1. The number of benzene rings is 2. The number of phenols is 1. The largest absolute Gasteiger partial charge is 0.507 e. The van der Waals surface area contributed by atoms with E-state index in [0.29, 0.717) is 6.61 Å². The molecule has 0 spiro atoms. The summed E-state index contributed by atoms with van der Waals surface area (Å²) in [6.07, 6.45) is 15.5. The van der Waals surface area contributed by atoms with Crippen LogP contribution in [0, 0.1) is 0 Å². The van der Waals surface area contributed by atoms with Crippen molar-refractivity contribution in [3.05, 3.63) is 65.7 Å². The van der Waals surface area contributed by atoms with E-state index in [1.807, 2.05) is 24.3 Å². The SMILES string of the molecule is CCCCCC(CC)OC(=O)C=Cc1ccc(OC)cc1.CCCCCCCCOC(=O)c1ccccc1O. The van der Waals surface area contributed by atoms with E-state index in [-0.39, 0.29) is 23.4 Å². The topological polar surface area (TPSA) is 82.1 Å². The van der Waals surface area contributed by atoms with E-state index in [2.05, 4.69) is 20.8 Å². The number of aromatic hydroxyl groups is 1. The molecule has 0 bridgehead atoms. The number of esters is 2. The van der Waals surface area contributed by atoms with E-state index in [4.69, 9.17) is 14.2 Å². The number of unbranched alkanes of at least 4 members (excludes halogenated alkanes) is 7.